The second-order valence-corrected chi connectivity index (χ2v) is 7.05. The van der Waals surface area contributed by atoms with Crippen LogP contribution in [0.25, 0.3) is 0 Å². The molecular formula is C19H27N5O5. The molecule has 0 aliphatic carbocycles. The topological polar surface area (TPSA) is 131 Å². The number of hydrogen-bond donors (Lipinski definition) is 3. The molecule has 3 rings (SSSR count). The summed E-state index contributed by atoms with van der Waals surface area (Å²) in [4.78, 5) is 26.7. The van der Waals surface area contributed by atoms with Gasteiger partial charge in [0.25, 0.3) is 5.91 Å². The van der Waals surface area contributed by atoms with Crippen LogP contribution >= 0.6 is 0 Å². The van der Waals surface area contributed by atoms with E-state index in [-0.39, 0.29) is 24.9 Å². The number of aromatic amines is 1. The summed E-state index contributed by atoms with van der Waals surface area (Å²) < 4.78 is 12.6. The monoisotopic (exact) mass is 405 g/mol. The van der Waals surface area contributed by atoms with Crippen molar-refractivity contribution in [2.24, 2.45) is 0 Å². The first-order chi connectivity index (χ1) is 14.0. The minimum atomic E-state index is -0.990. The van der Waals surface area contributed by atoms with Gasteiger partial charge in [0.2, 0.25) is 0 Å². The average Bonchev–Trinajstić information content (AvgIpc) is 3.43. The van der Waals surface area contributed by atoms with E-state index in [1.54, 1.807) is 16.9 Å². The Kier molecular flexibility index (Phi) is 7.36. The highest BCUT2D eigenvalue weighted by molar-refractivity contribution is 5.93. The highest BCUT2D eigenvalue weighted by Gasteiger charge is 2.20. The largest absolute Gasteiger partial charge is 0.481 e. The van der Waals surface area contributed by atoms with E-state index < -0.39 is 12.0 Å². The van der Waals surface area contributed by atoms with Gasteiger partial charge in [-0.2, -0.15) is 0 Å². The fraction of sp³-hybridized carbons (Fsp3) is 0.579. The highest BCUT2D eigenvalue weighted by Crippen LogP contribution is 2.09. The predicted molar refractivity (Wildman–Crippen MR) is 103 cm³/mol. The fourth-order valence-corrected chi connectivity index (χ4v) is 3.18. The summed E-state index contributed by atoms with van der Waals surface area (Å²) in [5.41, 5.74) is 1.97. The zero-order valence-corrected chi connectivity index (χ0v) is 16.5. The molecule has 1 amide bonds. The highest BCUT2D eigenvalue weighted by atomic mass is 16.5. The van der Waals surface area contributed by atoms with Crippen molar-refractivity contribution in [2.45, 2.75) is 51.3 Å². The van der Waals surface area contributed by atoms with Crippen LogP contribution in [0.5, 0.6) is 0 Å². The lowest BCUT2D eigenvalue weighted by Gasteiger charge is -2.15. The van der Waals surface area contributed by atoms with E-state index in [1.165, 1.54) is 0 Å². The number of rotatable bonds is 11. The number of H-pyrrole nitrogens is 1. The molecular weight excluding hydrogens is 378 g/mol. The van der Waals surface area contributed by atoms with Gasteiger partial charge in [-0.25, -0.2) is 4.68 Å². The number of carbonyl (C=O) groups is 2. The molecule has 10 heteroatoms. The Morgan fingerprint density at radius 1 is 1.48 bits per heavy atom. The zero-order valence-electron chi connectivity index (χ0n) is 16.5. The van der Waals surface area contributed by atoms with E-state index >= 15 is 0 Å². The molecule has 1 aliphatic rings. The molecule has 0 spiro atoms. The van der Waals surface area contributed by atoms with Gasteiger partial charge in [-0.3, -0.25) is 9.59 Å². The van der Waals surface area contributed by atoms with Crippen LogP contribution in [0.3, 0.4) is 0 Å². The number of aliphatic carboxylic acids is 1. The maximum absolute atomic E-state index is 12.4. The molecule has 0 aromatic carbocycles. The third-order valence-electron chi connectivity index (χ3n) is 4.73. The maximum atomic E-state index is 12.4. The smallest absolute Gasteiger partial charge is 0.305 e. The van der Waals surface area contributed by atoms with Crippen LogP contribution in [0.4, 0.5) is 0 Å². The molecule has 2 atom stereocenters. The van der Waals surface area contributed by atoms with Crippen LogP contribution in [0.2, 0.25) is 0 Å². The van der Waals surface area contributed by atoms with E-state index in [2.05, 4.69) is 20.6 Å². The summed E-state index contributed by atoms with van der Waals surface area (Å²) in [7, 11) is 0. The van der Waals surface area contributed by atoms with Crippen molar-refractivity contribution in [3.8, 4) is 0 Å². The van der Waals surface area contributed by atoms with Crippen LogP contribution in [-0.4, -0.2) is 68.9 Å². The number of carbonyl (C=O) groups excluding carboxylic acids is 1. The molecule has 29 heavy (non-hydrogen) atoms. The Bertz CT molecular complexity index is 812. The molecule has 1 saturated heterocycles. The standard InChI is InChI=1S/C19H27N5O5/c1-2-13-3-4-17(20-13)19(27)21-14(10-18(25)26)9-15-11-24(23-22-15)6-8-29-16-5-7-28-12-16/h3-4,11,14,16,20H,2,5-10,12H2,1H3,(H,21,27)(H,25,26). The first-order valence-electron chi connectivity index (χ1n) is 9.82. The quantitative estimate of drug-likeness (QED) is 0.504. The summed E-state index contributed by atoms with van der Waals surface area (Å²) in [6.45, 7) is 4.38. The Morgan fingerprint density at radius 3 is 3.03 bits per heavy atom. The van der Waals surface area contributed by atoms with Crippen molar-refractivity contribution in [1.82, 2.24) is 25.3 Å². The second kappa shape index (κ2) is 10.2. The summed E-state index contributed by atoms with van der Waals surface area (Å²) in [6.07, 6.45) is 3.64. The first-order valence-corrected chi connectivity index (χ1v) is 9.82. The Morgan fingerprint density at radius 2 is 2.34 bits per heavy atom. The third-order valence-corrected chi connectivity index (χ3v) is 4.73. The SMILES string of the molecule is CCc1ccc(C(=O)NC(CC(=O)O)Cc2cn(CCOC3CCOC3)nn2)[nH]1. The number of aromatic nitrogens is 4. The van der Waals surface area contributed by atoms with E-state index in [0.717, 1.165) is 25.1 Å². The van der Waals surface area contributed by atoms with Gasteiger partial charge in [-0.1, -0.05) is 12.1 Å². The van der Waals surface area contributed by atoms with E-state index in [9.17, 15) is 14.7 Å². The van der Waals surface area contributed by atoms with Gasteiger partial charge < -0.3 is 24.9 Å². The molecule has 0 saturated carbocycles. The number of amides is 1. The van der Waals surface area contributed by atoms with Crippen molar-refractivity contribution in [3.63, 3.8) is 0 Å². The maximum Gasteiger partial charge on any atom is 0.305 e. The lowest BCUT2D eigenvalue weighted by atomic mass is 10.1. The first kappa shape index (κ1) is 21.0. The Hall–Kier alpha value is -2.72. The van der Waals surface area contributed by atoms with E-state index in [0.29, 0.717) is 31.1 Å². The van der Waals surface area contributed by atoms with Gasteiger partial charge in [0.1, 0.15) is 5.69 Å². The van der Waals surface area contributed by atoms with Gasteiger partial charge in [0.05, 0.1) is 38.0 Å². The Balaban J connectivity index is 1.53. The predicted octanol–water partition coefficient (Wildman–Crippen LogP) is 0.790. The number of nitrogens with one attached hydrogen (secondary N) is 2. The van der Waals surface area contributed by atoms with Gasteiger partial charge in [0.15, 0.2) is 0 Å². The molecule has 3 N–H and O–H groups in total. The molecule has 158 valence electrons. The number of ether oxygens (including phenoxy) is 2. The summed E-state index contributed by atoms with van der Waals surface area (Å²) in [6, 6.07) is 2.94. The summed E-state index contributed by atoms with van der Waals surface area (Å²) in [5.74, 6) is -1.33. The van der Waals surface area contributed by atoms with Crippen LogP contribution in [0, 0.1) is 0 Å². The van der Waals surface area contributed by atoms with Crippen LogP contribution < -0.4 is 5.32 Å². The molecule has 2 unspecified atom stereocenters. The van der Waals surface area contributed by atoms with Gasteiger partial charge >= 0.3 is 5.97 Å². The molecule has 2 aromatic heterocycles. The molecule has 0 radical (unpaired) electrons. The Labute approximate surface area is 168 Å². The normalized spacial score (nSPS) is 17.3. The average molecular weight is 405 g/mol. The van der Waals surface area contributed by atoms with Crippen molar-refractivity contribution in [1.29, 1.82) is 0 Å². The third kappa shape index (κ3) is 6.40. The minimum Gasteiger partial charge on any atom is -0.481 e. The molecule has 10 nitrogen and oxygen atoms in total. The van der Waals surface area contributed by atoms with Crippen LogP contribution in [0.15, 0.2) is 18.3 Å². The molecule has 2 aromatic rings. The van der Waals surface area contributed by atoms with Gasteiger partial charge in [0, 0.05) is 31.0 Å². The lowest BCUT2D eigenvalue weighted by molar-refractivity contribution is -0.137. The number of nitrogens with zero attached hydrogens (tertiary/aromatic N) is 3. The molecule has 1 aliphatic heterocycles. The van der Waals surface area contributed by atoms with Crippen LogP contribution in [0.1, 0.15) is 41.6 Å². The van der Waals surface area contributed by atoms with Crippen molar-refractivity contribution >= 4 is 11.9 Å². The van der Waals surface area contributed by atoms with Crippen LogP contribution in [-0.2, 0) is 33.7 Å². The second-order valence-electron chi connectivity index (χ2n) is 7.05. The number of hydrogen-bond acceptors (Lipinski definition) is 6. The van der Waals surface area contributed by atoms with E-state index in [4.69, 9.17) is 9.47 Å². The zero-order chi connectivity index (χ0) is 20.6. The van der Waals surface area contributed by atoms with E-state index in [1.807, 2.05) is 13.0 Å². The van der Waals surface area contributed by atoms with Crippen molar-refractivity contribution in [2.75, 3.05) is 19.8 Å². The number of carboxylic acid groups (broad SMARTS) is 1. The lowest BCUT2D eigenvalue weighted by Crippen LogP contribution is -2.38. The summed E-state index contributed by atoms with van der Waals surface area (Å²) >= 11 is 0. The van der Waals surface area contributed by atoms with Gasteiger partial charge in [-0.05, 0) is 25.0 Å². The molecule has 1 fully saturated rings. The number of carboxylic acids is 1. The summed E-state index contributed by atoms with van der Waals surface area (Å²) in [5, 5.41) is 20.1. The van der Waals surface area contributed by atoms with Crippen molar-refractivity contribution in [3.05, 3.63) is 35.4 Å². The fourth-order valence-electron chi connectivity index (χ4n) is 3.18. The van der Waals surface area contributed by atoms with Crippen molar-refractivity contribution < 1.29 is 24.2 Å². The van der Waals surface area contributed by atoms with Gasteiger partial charge in [-0.15, -0.1) is 5.10 Å². The molecule has 0 bridgehead atoms. The number of aryl methyl sites for hydroxylation is 1. The minimum absolute atomic E-state index is 0.134. The molecule has 3 heterocycles.